The van der Waals surface area contributed by atoms with Crippen LogP contribution in [0.4, 0.5) is 31.1 Å². The summed E-state index contributed by atoms with van der Waals surface area (Å²) in [5, 5.41) is 11.7. The van der Waals surface area contributed by atoms with Gasteiger partial charge in [-0.25, -0.2) is 4.79 Å². The molecule has 1 heterocycles. The number of carbonyl (C=O) groups is 2. The van der Waals surface area contributed by atoms with Crippen LogP contribution in [0.25, 0.3) is 0 Å². The van der Waals surface area contributed by atoms with Gasteiger partial charge in [0.15, 0.2) is 0 Å². The maximum atomic E-state index is 13.1. The molecule has 1 fully saturated rings. The third kappa shape index (κ3) is 5.96. The first kappa shape index (κ1) is 24.4. The number of nitrogens with one attached hydrogen (secondary N) is 1. The van der Waals surface area contributed by atoms with Crippen molar-refractivity contribution in [3.05, 3.63) is 70.8 Å². The van der Waals surface area contributed by atoms with Crippen LogP contribution in [-0.4, -0.2) is 35.1 Å². The molecule has 0 saturated carbocycles. The summed E-state index contributed by atoms with van der Waals surface area (Å²) in [6.45, 7) is -0.412. The molecule has 0 aromatic heterocycles. The monoisotopic (exact) mass is 474 g/mol. The second-order valence-electron chi connectivity index (χ2n) is 7.77. The van der Waals surface area contributed by atoms with Crippen molar-refractivity contribution in [3.8, 4) is 0 Å². The molecule has 2 N–H and O–H groups in total. The van der Waals surface area contributed by atoms with Crippen LogP contribution in [0.3, 0.4) is 0 Å². The van der Waals surface area contributed by atoms with Gasteiger partial charge >= 0.3 is 18.4 Å². The highest BCUT2D eigenvalue weighted by Crippen LogP contribution is 2.37. The van der Waals surface area contributed by atoms with Gasteiger partial charge in [-0.2, -0.15) is 26.3 Å². The molecule has 1 saturated heterocycles. The van der Waals surface area contributed by atoms with Crippen LogP contribution < -0.4 is 5.32 Å². The van der Waals surface area contributed by atoms with E-state index in [4.69, 9.17) is 0 Å². The number of amides is 2. The Labute approximate surface area is 185 Å². The van der Waals surface area contributed by atoms with Gasteiger partial charge in [-0.1, -0.05) is 30.3 Å². The van der Waals surface area contributed by atoms with Crippen molar-refractivity contribution < 1.29 is 41.0 Å². The van der Waals surface area contributed by atoms with Gasteiger partial charge in [-0.05, 0) is 35.7 Å². The van der Waals surface area contributed by atoms with Gasteiger partial charge in [0.2, 0.25) is 5.91 Å². The molecule has 0 bridgehead atoms. The zero-order valence-corrected chi connectivity index (χ0v) is 17.1. The number of hydrogen-bond acceptors (Lipinski definition) is 2. The second kappa shape index (κ2) is 9.32. The van der Waals surface area contributed by atoms with E-state index in [1.165, 1.54) is 4.90 Å². The molecular formula is C22H20F6N2O3. The molecule has 2 aromatic rings. The van der Waals surface area contributed by atoms with Gasteiger partial charge in [-0.15, -0.1) is 0 Å². The van der Waals surface area contributed by atoms with E-state index < -0.39 is 53.9 Å². The Balaban J connectivity index is 1.81. The molecule has 1 aliphatic heterocycles. The number of rotatable bonds is 4. The number of hydrogen-bond donors (Lipinski definition) is 2. The first-order chi connectivity index (χ1) is 15.4. The summed E-state index contributed by atoms with van der Waals surface area (Å²) in [5.41, 5.74) is -2.55. The topological polar surface area (TPSA) is 69.6 Å². The minimum absolute atomic E-state index is 0.0262. The Morgan fingerprint density at radius 2 is 1.55 bits per heavy atom. The normalized spacial score (nSPS) is 19.3. The zero-order valence-electron chi connectivity index (χ0n) is 17.1. The molecule has 11 heteroatoms. The Kier molecular flexibility index (Phi) is 6.89. The molecule has 1 aliphatic rings. The van der Waals surface area contributed by atoms with E-state index in [2.05, 4.69) is 5.32 Å². The lowest BCUT2D eigenvalue weighted by atomic mass is 9.80. The van der Waals surface area contributed by atoms with Crippen molar-refractivity contribution in [1.82, 2.24) is 10.2 Å². The highest BCUT2D eigenvalue weighted by atomic mass is 19.4. The minimum Gasteiger partial charge on any atom is -0.465 e. The van der Waals surface area contributed by atoms with E-state index in [1.54, 1.807) is 30.3 Å². The van der Waals surface area contributed by atoms with Crippen LogP contribution >= 0.6 is 0 Å². The number of likely N-dealkylation sites (tertiary alicyclic amines) is 1. The van der Waals surface area contributed by atoms with Gasteiger partial charge in [-0.3, -0.25) is 4.79 Å². The number of piperidine rings is 1. The molecule has 2 amide bonds. The van der Waals surface area contributed by atoms with Gasteiger partial charge in [0.1, 0.15) is 0 Å². The average molecular weight is 474 g/mol. The molecule has 0 radical (unpaired) electrons. The van der Waals surface area contributed by atoms with E-state index in [1.807, 2.05) is 0 Å². The van der Waals surface area contributed by atoms with Crippen molar-refractivity contribution in [3.63, 3.8) is 0 Å². The van der Waals surface area contributed by atoms with Crippen LogP contribution in [0.15, 0.2) is 48.5 Å². The Morgan fingerprint density at radius 1 is 0.970 bits per heavy atom. The van der Waals surface area contributed by atoms with Crippen LogP contribution in [0.1, 0.15) is 34.6 Å². The van der Waals surface area contributed by atoms with E-state index >= 15 is 0 Å². The lowest BCUT2D eigenvalue weighted by Crippen LogP contribution is -2.46. The van der Waals surface area contributed by atoms with Crippen LogP contribution in [0.2, 0.25) is 0 Å². The van der Waals surface area contributed by atoms with Gasteiger partial charge < -0.3 is 15.3 Å². The predicted octanol–water partition coefficient (Wildman–Crippen LogP) is 5.12. The fourth-order valence-electron chi connectivity index (χ4n) is 3.92. The molecular weight excluding hydrogens is 454 g/mol. The van der Waals surface area contributed by atoms with Crippen molar-refractivity contribution in [2.24, 2.45) is 5.92 Å². The smallest absolute Gasteiger partial charge is 0.416 e. The highest BCUT2D eigenvalue weighted by molar-refractivity contribution is 5.80. The van der Waals surface area contributed by atoms with Crippen LogP contribution in [-0.2, 0) is 23.7 Å². The quantitative estimate of drug-likeness (QED) is 0.605. The molecule has 178 valence electrons. The van der Waals surface area contributed by atoms with Gasteiger partial charge in [0, 0.05) is 31.5 Å². The number of halogens is 6. The van der Waals surface area contributed by atoms with Crippen molar-refractivity contribution in [1.29, 1.82) is 0 Å². The van der Waals surface area contributed by atoms with Crippen molar-refractivity contribution in [2.45, 2.75) is 31.2 Å². The van der Waals surface area contributed by atoms with E-state index in [0.717, 1.165) is 0 Å². The molecule has 2 atom stereocenters. The summed E-state index contributed by atoms with van der Waals surface area (Å²) >= 11 is 0. The third-order valence-electron chi connectivity index (χ3n) is 5.56. The summed E-state index contributed by atoms with van der Waals surface area (Å²) in [6, 6.07) is 9.84. The number of carbonyl (C=O) groups excluding carboxylic acids is 1. The van der Waals surface area contributed by atoms with E-state index in [9.17, 15) is 41.0 Å². The fourth-order valence-corrected chi connectivity index (χ4v) is 3.92. The molecule has 0 spiro atoms. The Bertz CT molecular complexity index is 975. The number of nitrogens with zero attached hydrogens (tertiary/aromatic N) is 1. The molecule has 3 rings (SSSR count). The zero-order chi connectivity index (χ0) is 24.4. The van der Waals surface area contributed by atoms with Gasteiger partial charge in [0.05, 0.1) is 11.1 Å². The second-order valence-corrected chi connectivity index (χ2v) is 7.77. The Hall–Kier alpha value is -3.24. The van der Waals surface area contributed by atoms with E-state index in [-0.39, 0.29) is 31.1 Å². The SMILES string of the molecule is O=C(NCc1cc(C(F)(F)F)cc(C(F)(F)F)c1)[C@@H]1CCN(C(=O)O)C[C@H]1c1ccccc1. The summed E-state index contributed by atoms with van der Waals surface area (Å²) < 4.78 is 78.4. The largest absolute Gasteiger partial charge is 0.465 e. The minimum atomic E-state index is -4.98. The fraction of sp³-hybridized carbons (Fsp3) is 0.364. The number of alkyl halides is 6. The highest BCUT2D eigenvalue weighted by Gasteiger charge is 2.38. The number of benzene rings is 2. The molecule has 2 aromatic carbocycles. The maximum Gasteiger partial charge on any atom is 0.416 e. The summed E-state index contributed by atoms with van der Waals surface area (Å²) in [4.78, 5) is 25.4. The van der Waals surface area contributed by atoms with Crippen molar-refractivity contribution >= 4 is 12.0 Å². The van der Waals surface area contributed by atoms with Crippen LogP contribution in [0.5, 0.6) is 0 Å². The lowest BCUT2D eigenvalue weighted by molar-refractivity contribution is -0.143. The first-order valence-corrected chi connectivity index (χ1v) is 9.95. The standard InChI is InChI=1S/C22H20F6N2O3/c23-21(24,25)15-8-13(9-16(10-15)22(26,27)28)11-29-19(31)17-6-7-30(20(32)33)12-18(17)14-4-2-1-3-5-14/h1-5,8-10,17-18H,6-7,11-12H2,(H,29,31)(H,32,33)/t17-,18+/m1/s1. The van der Waals surface area contributed by atoms with Crippen LogP contribution in [0, 0.1) is 5.92 Å². The first-order valence-electron chi connectivity index (χ1n) is 9.95. The van der Waals surface area contributed by atoms with Gasteiger partial charge in [0.25, 0.3) is 0 Å². The molecule has 0 aliphatic carbocycles. The Morgan fingerprint density at radius 3 is 2.06 bits per heavy atom. The summed E-state index contributed by atoms with van der Waals surface area (Å²) in [6.07, 6.45) is -10.9. The molecule has 33 heavy (non-hydrogen) atoms. The maximum absolute atomic E-state index is 13.1. The average Bonchev–Trinajstić information content (AvgIpc) is 2.76. The third-order valence-corrected chi connectivity index (χ3v) is 5.56. The van der Waals surface area contributed by atoms with E-state index in [0.29, 0.717) is 17.7 Å². The molecule has 5 nitrogen and oxygen atoms in total. The number of carboxylic acid groups (broad SMARTS) is 1. The predicted molar refractivity (Wildman–Crippen MR) is 105 cm³/mol. The lowest BCUT2D eigenvalue weighted by Gasteiger charge is -2.36. The summed E-state index contributed by atoms with van der Waals surface area (Å²) in [5.74, 6) is -1.78. The summed E-state index contributed by atoms with van der Waals surface area (Å²) in [7, 11) is 0. The molecule has 0 unspecified atom stereocenters. The van der Waals surface area contributed by atoms with Crippen molar-refractivity contribution in [2.75, 3.05) is 13.1 Å².